The number of aromatic nitrogens is 3. The highest BCUT2D eigenvalue weighted by Gasteiger charge is 2.66. The molecule has 0 unspecified atom stereocenters. The van der Waals surface area contributed by atoms with Gasteiger partial charge < -0.3 is 18.9 Å². The van der Waals surface area contributed by atoms with Crippen LogP contribution in [0.1, 0.15) is 58.2 Å². The number of carbonyl (C=O) groups excluding carboxylic acids is 1. The first kappa shape index (κ1) is 29.4. The summed E-state index contributed by atoms with van der Waals surface area (Å²) in [5, 5.41) is 17.4. The third-order valence-electron chi connectivity index (χ3n) is 8.18. The number of benzene rings is 1. The van der Waals surface area contributed by atoms with Crippen LogP contribution in [0, 0.1) is 5.92 Å². The molecule has 1 aromatic heterocycles. The molecule has 1 N–H and O–H groups in total. The second kappa shape index (κ2) is 11.9. The predicted molar refractivity (Wildman–Crippen MR) is 155 cm³/mol. The fourth-order valence-electron chi connectivity index (χ4n) is 6.33. The quantitative estimate of drug-likeness (QED) is 0.218. The Kier molecular flexibility index (Phi) is 8.93. The van der Waals surface area contributed by atoms with Crippen molar-refractivity contribution in [3.63, 3.8) is 0 Å². The van der Waals surface area contributed by atoms with Gasteiger partial charge in [0.05, 0.1) is 17.5 Å². The zero-order chi connectivity index (χ0) is 28.4. The summed E-state index contributed by atoms with van der Waals surface area (Å²) in [6, 6.07) is 7.83. The summed E-state index contributed by atoms with van der Waals surface area (Å²) in [4.78, 5) is 16.1. The van der Waals surface area contributed by atoms with Crippen LogP contribution in [0.3, 0.4) is 0 Å². The van der Waals surface area contributed by atoms with Crippen molar-refractivity contribution in [3.8, 4) is 0 Å². The monoisotopic (exact) mass is 554 g/mol. The SMILES string of the molecule is CC(C)=CCC/C(C)=C/CN1C(=O)[C@]2(O[C@H](CCn3cc(CCO)nn3)[C@@H]([Si](C)(C)F)[C@@H]2C)c2ccccc21. The number of rotatable bonds is 11. The van der Waals surface area contributed by atoms with Crippen LogP contribution in [0.5, 0.6) is 0 Å². The molecule has 2 aliphatic heterocycles. The number of para-hydroxylation sites is 1. The number of allylic oxidation sites excluding steroid dienone is 3. The molecule has 4 rings (SSSR count). The third kappa shape index (κ3) is 5.95. The molecule has 0 bridgehead atoms. The summed E-state index contributed by atoms with van der Waals surface area (Å²) in [6.45, 7) is 12.7. The van der Waals surface area contributed by atoms with Crippen molar-refractivity contribution in [2.45, 2.75) is 90.3 Å². The fourth-order valence-corrected chi connectivity index (χ4v) is 8.87. The van der Waals surface area contributed by atoms with Crippen molar-refractivity contribution in [1.82, 2.24) is 15.0 Å². The van der Waals surface area contributed by atoms with Crippen LogP contribution in [0.4, 0.5) is 9.80 Å². The van der Waals surface area contributed by atoms with E-state index in [1.54, 1.807) is 24.0 Å². The molecule has 7 nitrogen and oxygen atoms in total. The van der Waals surface area contributed by atoms with Crippen molar-refractivity contribution in [1.29, 1.82) is 0 Å². The number of halogens is 1. The number of hydrogen-bond acceptors (Lipinski definition) is 5. The first-order chi connectivity index (χ1) is 18.5. The predicted octanol–water partition coefficient (Wildman–Crippen LogP) is 5.72. The average Bonchev–Trinajstić information content (AvgIpc) is 3.51. The van der Waals surface area contributed by atoms with Gasteiger partial charge in [0.25, 0.3) is 5.91 Å². The molecule has 0 aliphatic carbocycles. The molecule has 39 heavy (non-hydrogen) atoms. The Morgan fingerprint density at radius 3 is 2.67 bits per heavy atom. The summed E-state index contributed by atoms with van der Waals surface area (Å²) < 4.78 is 24.4. The van der Waals surface area contributed by atoms with E-state index in [4.69, 9.17) is 4.74 Å². The van der Waals surface area contributed by atoms with Crippen LogP contribution < -0.4 is 4.90 Å². The summed E-state index contributed by atoms with van der Waals surface area (Å²) in [5.41, 5.74) is 3.40. The molecule has 2 aromatic rings. The molecule has 1 amide bonds. The topological polar surface area (TPSA) is 80.5 Å². The summed E-state index contributed by atoms with van der Waals surface area (Å²) >= 11 is 0. The van der Waals surface area contributed by atoms with E-state index in [2.05, 4.69) is 43.2 Å². The normalized spacial score (nSPS) is 25.0. The summed E-state index contributed by atoms with van der Waals surface area (Å²) in [6.07, 6.45) is 8.63. The molecule has 2 aliphatic rings. The lowest BCUT2D eigenvalue weighted by atomic mass is 9.82. The Balaban J connectivity index is 1.61. The number of fused-ring (bicyclic) bond motifs is 2. The molecular weight excluding hydrogens is 511 g/mol. The molecule has 1 aromatic carbocycles. The Morgan fingerprint density at radius 1 is 1.23 bits per heavy atom. The van der Waals surface area contributed by atoms with E-state index < -0.39 is 20.1 Å². The lowest BCUT2D eigenvalue weighted by molar-refractivity contribution is -0.145. The van der Waals surface area contributed by atoms with Crippen LogP contribution in [0.25, 0.3) is 0 Å². The number of anilines is 1. The molecule has 1 fully saturated rings. The molecule has 0 saturated carbocycles. The van der Waals surface area contributed by atoms with E-state index in [0.717, 1.165) is 24.1 Å². The van der Waals surface area contributed by atoms with Crippen LogP contribution >= 0.6 is 0 Å². The standard InChI is InChI=1S/C30H43FN4O3Si/c1-21(2)10-9-11-22(3)14-18-35-26-13-8-7-12-25(26)30(29(35)37)23(4)28(39(5,6)31)27(38-30)15-17-34-20-24(16-19-36)32-33-34/h7-8,10,12-14,20,23,27-28,36H,9,11,15-19H2,1-6H3/b22-14+/t23-,27+,28-,30+/m0/s1. The van der Waals surface area contributed by atoms with E-state index in [0.29, 0.717) is 31.6 Å². The largest absolute Gasteiger partial charge is 0.396 e. The van der Waals surface area contributed by atoms with Gasteiger partial charge in [-0.2, -0.15) is 0 Å². The third-order valence-corrected chi connectivity index (χ3v) is 10.6. The minimum Gasteiger partial charge on any atom is -0.396 e. The molecule has 1 spiro atoms. The van der Waals surface area contributed by atoms with Crippen molar-refractivity contribution >= 4 is 20.0 Å². The van der Waals surface area contributed by atoms with E-state index in [-0.39, 0.29) is 24.0 Å². The molecule has 4 atom stereocenters. The molecule has 0 radical (unpaired) electrons. The van der Waals surface area contributed by atoms with Crippen molar-refractivity contribution in [2.24, 2.45) is 5.92 Å². The van der Waals surface area contributed by atoms with Crippen molar-refractivity contribution in [3.05, 3.63) is 65.0 Å². The van der Waals surface area contributed by atoms with Gasteiger partial charge in [-0.3, -0.25) is 9.48 Å². The van der Waals surface area contributed by atoms with E-state index >= 15 is 4.11 Å². The smallest absolute Gasteiger partial charge is 0.264 e. The number of ether oxygens (including phenoxy) is 1. The molecular formula is C30H43FN4O3Si. The van der Waals surface area contributed by atoms with Gasteiger partial charge in [-0.1, -0.05) is 53.6 Å². The molecule has 3 heterocycles. The van der Waals surface area contributed by atoms with E-state index in [1.165, 1.54) is 11.1 Å². The number of amides is 1. The first-order valence-electron chi connectivity index (χ1n) is 14.1. The van der Waals surface area contributed by atoms with Gasteiger partial charge in [0.1, 0.15) is 0 Å². The zero-order valence-corrected chi connectivity index (χ0v) is 25.2. The van der Waals surface area contributed by atoms with Gasteiger partial charge in [0.2, 0.25) is 8.41 Å². The van der Waals surface area contributed by atoms with Gasteiger partial charge in [-0.05, 0) is 59.2 Å². The number of aliphatic hydroxyl groups excluding tert-OH is 1. The Labute approximate surface area is 232 Å². The minimum atomic E-state index is -3.21. The maximum Gasteiger partial charge on any atom is 0.264 e. The Bertz CT molecular complexity index is 1230. The minimum absolute atomic E-state index is 0.0103. The lowest BCUT2D eigenvalue weighted by Gasteiger charge is -2.31. The van der Waals surface area contributed by atoms with Crippen LogP contribution in [-0.2, 0) is 28.1 Å². The van der Waals surface area contributed by atoms with Crippen LogP contribution in [0.2, 0.25) is 18.6 Å². The van der Waals surface area contributed by atoms with Gasteiger partial charge in [-0.15, -0.1) is 5.10 Å². The summed E-state index contributed by atoms with van der Waals surface area (Å²) in [5.74, 6) is -0.405. The van der Waals surface area contributed by atoms with E-state index in [9.17, 15) is 9.90 Å². The second-order valence-electron chi connectivity index (χ2n) is 11.8. The van der Waals surface area contributed by atoms with E-state index in [1.807, 2.05) is 36.1 Å². The highest BCUT2D eigenvalue weighted by molar-refractivity contribution is 6.72. The van der Waals surface area contributed by atoms with Gasteiger partial charge in [0, 0.05) is 49.3 Å². The van der Waals surface area contributed by atoms with Gasteiger partial charge >= 0.3 is 0 Å². The molecule has 1 saturated heterocycles. The Morgan fingerprint density at radius 2 is 1.97 bits per heavy atom. The van der Waals surface area contributed by atoms with Gasteiger partial charge in [0.15, 0.2) is 5.60 Å². The zero-order valence-electron chi connectivity index (χ0n) is 24.2. The highest BCUT2D eigenvalue weighted by Crippen LogP contribution is 2.60. The number of hydrogen-bond donors (Lipinski definition) is 1. The van der Waals surface area contributed by atoms with Crippen molar-refractivity contribution < 1.29 is 18.7 Å². The number of carbonyl (C=O) groups is 1. The van der Waals surface area contributed by atoms with Gasteiger partial charge in [-0.25, -0.2) is 0 Å². The number of nitrogens with zero attached hydrogens (tertiary/aromatic N) is 4. The lowest BCUT2D eigenvalue weighted by Crippen LogP contribution is -2.45. The molecule has 212 valence electrons. The maximum atomic E-state index is 15.9. The number of aliphatic hydroxyl groups is 1. The summed E-state index contributed by atoms with van der Waals surface area (Å²) in [7, 11) is -3.21. The Hall–Kier alpha value is -2.62. The first-order valence-corrected chi connectivity index (χ1v) is 17.0. The van der Waals surface area contributed by atoms with Crippen LogP contribution in [-0.4, -0.2) is 53.7 Å². The van der Waals surface area contributed by atoms with Crippen molar-refractivity contribution in [2.75, 3.05) is 18.1 Å². The second-order valence-corrected chi connectivity index (χ2v) is 15.6. The fraction of sp³-hybridized carbons (Fsp3) is 0.567. The van der Waals surface area contributed by atoms with Crippen LogP contribution in [0.15, 0.2) is 53.8 Å². The average molecular weight is 555 g/mol. The maximum absolute atomic E-state index is 15.9. The highest BCUT2D eigenvalue weighted by atomic mass is 28.4. The number of aryl methyl sites for hydroxylation is 1. The molecule has 9 heteroatoms.